The van der Waals surface area contributed by atoms with Gasteiger partial charge in [-0.05, 0) is 63.2 Å². The van der Waals surface area contributed by atoms with E-state index in [2.05, 4.69) is 47.2 Å². The van der Waals surface area contributed by atoms with Gasteiger partial charge in [0, 0.05) is 43.1 Å². The maximum atomic E-state index is 12.6. The van der Waals surface area contributed by atoms with Gasteiger partial charge in [0.1, 0.15) is 0 Å². The molecule has 1 saturated heterocycles. The zero-order valence-electron chi connectivity index (χ0n) is 16.3. The highest BCUT2D eigenvalue weighted by atomic mass is 16.1. The number of rotatable bonds is 4. The number of piperazine rings is 1. The van der Waals surface area contributed by atoms with Gasteiger partial charge in [0.05, 0.1) is 0 Å². The summed E-state index contributed by atoms with van der Waals surface area (Å²) in [7, 11) is 0. The maximum absolute atomic E-state index is 12.6. The Labute approximate surface area is 156 Å². The molecule has 26 heavy (non-hydrogen) atoms. The van der Waals surface area contributed by atoms with Crippen molar-refractivity contribution in [1.82, 2.24) is 4.90 Å². The van der Waals surface area contributed by atoms with Crippen LogP contribution >= 0.6 is 0 Å². The fraction of sp³-hybridized carbons (Fsp3) is 0.409. The fourth-order valence-electron chi connectivity index (χ4n) is 3.61. The van der Waals surface area contributed by atoms with Crippen molar-refractivity contribution < 1.29 is 4.79 Å². The molecule has 0 saturated carbocycles. The molecule has 2 aromatic carbocycles. The van der Waals surface area contributed by atoms with Gasteiger partial charge in [-0.3, -0.25) is 4.79 Å². The van der Waals surface area contributed by atoms with Crippen LogP contribution < -0.4 is 10.2 Å². The molecule has 0 aromatic heterocycles. The van der Waals surface area contributed by atoms with Crippen molar-refractivity contribution in [3.63, 3.8) is 0 Å². The highest BCUT2D eigenvalue weighted by Gasteiger charge is 2.17. The Bertz CT molecular complexity index is 772. The first-order chi connectivity index (χ1) is 12.5. The molecule has 0 radical (unpaired) electrons. The molecule has 0 unspecified atom stereocenters. The molecule has 0 atom stereocenters. The van der Waals surface area contributed by atoms with Crippen molar-refractivity contribution >= 4 is 17.3 Å². The Kier molecular flexibility index (Phi) is 5.62. The molecule has 138 valence electrons. The highest BCUT2D eigenvalue weighted by molar-refractivity contribution is 6.05. The summed E-state index contributed by atoms with van der Waals surface area (Å²) in [4.78, 5) is 17.5. The topological polar surface area (TPSA) is 35.6 Å². The minimum atomic E-state index is -0.0517. The third kappa shape index (κ3) is 4.25. The number of nitrogens with one attached hydrogen (secondary N) is 1. The molecule has 1 aliphatic heterocycles. The average Bonchev–Trinajstić information content (AvgIpc) is 2.62. The van der Waals surface area contributed by atoms with Crippen molar-refractivity contribution in [2.45, 2.75) is 27.7 Å². The lowest BCUT2D eigenvalue weighted by molar-refractivity contribution is 0.102. The Morgan fingerprint density at radius 2 is 1.62 bits per heavy atom. The van der Waals surface area contributed by atoms with Gasteiger partial charge in [-0.1, -0.05) is 24.1 Å². The van der Waals surface area contributed by atoms with Gasteiger partial charge in [-0.2, -0.15) is 0 Å². The fourth-order valence-corrected chi connectivity index (χ4v) is 3.61. The molecule has 2 aromatic rings. The van der Waals surface area contributed by atoms with Crippen LogP contribution in [0.5, 0.6) is 0 Å². The quantitative estimate of drug-likeness (QED) is 0.904. The molecular weight excluding hydrogens is 322 g/mol. The van der Waals surface area contributed by atoms with Gasteiger partial charge in [-0.15, -0.1) is 0 Å². The molecule has 0 bridgehead atoms. The third-order valence-corrected chi connectivity index (χ3v) is 5.13. The van der Waals surface area contributed by atoms with Gasteiger partial charge in [0.15, 0.2) is 0 Å². The van der Waals surface area contributed by atoms with Crippen LogP contribution in [0.3, 0.4) is 0 Å². The van der Waals surface area contributed by atoms with E-state index >= 15 is 0 Å². The summed E-state index contributed by atoms with van der Waals surface area (Å²) >= 11 is 0. The summed E-state index contributed by atoms with van der Waals surface area (Å²) in [6, 6.07) is 12.3. The number of carbonyl (C=O) groups is 1. The summed E-state index contributed by atoms with van der Waals surface area (Å²) in [5.41, 5.74) is 6.13. The molecule has 1 N–H and O–H groups in total. The van der Waals surface area contributed by atoms with Crippen LogP contribution in [0.1, 0.15) is 34.0 Å². The Balaban J connectivity index is 1.71. The first-order valence-electron chi connectivity index (χ1n) is 9.44. The summed E-state index contributed by atoms with van der Waals surface area (Å²) in [6.45, 7) is 13.8. The molecule has 1 amide bonds. The zero-order chi connectivity index (χ0) is 18.7. The zero-order valence-corrected chi connectivity index (χ0v) is 16.3. The lowest BCUT2D eigenvalue weighted by atomic mass is 10.1. The predicted molar refractivity (Wildman–Crippen MR) is 109 cm³/mol. The average molecular weight is 351 g/mol. The molecule has 1 fully saturated rings. The second-order valence-corrected chi connectivity index (χ2v) is 7.25. The largest absolute Gasteiger partial charge is 0.369 e. The highest BCUT2D eigenvalue weighted by Crippen LogP contribution is 2.24. The van der Waals surface area contributed by atoms with Crippen LogP contribution in [-0.4, -0.2) is 43.5 Å². The standard InChI is InChI=1S/C22H29N3O/c1-5-24-8-10-25(11-9-24)20-6-7-21(18(4)15-20)23-22(26)19-13-16(2)12-17(3)14-19/h6-7,12-15H,5,8-11H2,1-4H3,(H,23,26). The third-order valence-electron chi connectivity index (χ3n) is 5.13. The van der Waals surface area contributed by atoms with Crippen LogP contribution in [0, 0.1) is 20.8 Å². The number of aryl methyl sites for hydroxylation is 3. The first kappa shape index (κ1) is 18.5. The number of anilines is 2. The first-order valence-corrected chi connectivity index (χ1v) is 9.44. The number of benzene rings is 2. The van der Waals surface area contributed by atoms with E-state index in [1.54, 1.807) is 0 Å². The lowest BCUT2D eigenvalue weighted by Crippen LogP contribution is -2.46. The molecular formula is C22H29N3O. The van der Waals surface area contributed by atoms with Gasteiger partial charge >= 0.3 is 0 Å². The monoisotopic (exact) mass is 351 g/mol. The van der Waals surface area contributed by atoms with E-state index in [-0.39, 0.29) is 5.91 Å². The number of likely N-dealkylation sites (N-methyl/N-ethyl adjacent to an activating group) is 1. The van der Waals surface area contributed by atoms with Gasteiger partial charge in [0.2, 0.25) is 0 Å². The van der Waals surface area contributed by atoms with Gasteiger partial charge in [-0.25, -0.2) is 0 Å². The van der Waals surface area contributed by atoms with Crippen LogP contribution in [0.25, 0.3) is 0 Å². The molecule has 0 spiro atoms. The Morgan fingerprint density at radius 3 is 2.19 bits per heavy atom. The molecule has 1 aliphatic rings. The van der Waals surface area contributed by atoms with Crippen LogP contribution in [0.15, 0.2) is 36.4 Å². The maximum Gasteiger partial charge on any atom is 0.255 e. The lowest BCUT2D eigenvalue weighted by Gasteiger charge is -2.35. The molecule has 4 heteroatoms. The Morgan fingerprint density at radius 1 is 0.962 bits per heavy atom. The summed E-state index contributed by atoms with van der Waals surface area (Å²) in [6.07, 6.45) is 0. The smallest absolute Gasteiger partial charge is 0.255 e. The van der Waals surface area contributed by atoms with E-state index in [0.29, 0.717) is 5.56 Å². The van der Waals surface area contributed by atoms with E-state index in [9.17, 15) is 4.79 Å². The van der Waals surface area contributed by atoms with Gasteiger partial charge < -0.3 is 15.1 Å². The van der Waals surface area contributed by atoms with Crippen LogP contribution in [-0.2, 0) is 0 Å². The number of carbonyl (C=O) groups excluding carboxylic acids is 1. The van der Waals surface area contributed by atoms with E-state index in [4.69, 9.17) is 0 Å². The van der Waals surface area contributed by atoms with Crippen LogP contribution in [0.4, 0.5) is 11.4 Å². The number of nitrogens with zero attached hydrogens (tertiary/aromatic N) is 2. The van der Waals surface area contributed by atoms with E-state index < -0.39 is 0 Å². The summed E-state index contributed by atoms with van der Waals surface area (Å²) in [5, 5.41) is 3.06. The molecule has 3 rings (SSSR count). The van der Waals surface area contributed by atoms with Crippen LogP contribution in [0.2, 0.25) is 0 Å². The molecule has 0 aliphatic carbocycles. The summed E-state index contributed by atoms with van der Waals surface area (Å²) in [5.74, 6) is -0.0517. The molecule has 1 heterocycles. The minimum absolute atomic E-state index is 0.0517. The Hall–Kier alpha value is -2.33. The summed E-state index contributed by atoms with van der Waals surface area (Å²) < 4.78 is 0. The second kappa shape index (κ2) is 7.92. The van der Waals surface area contributed by atoms with Crippen molar-refractivity contribution in [1.29, 1.82) is 0 Å². The normalized spacial score (nSPS) is 15.2. The SMILES string of the molecule is CCN1CCN(c2ccc(NC(=O)c3cc(C)cc(C)c3)c(C)c2)CC1. The van der Waals surface area contributed by atoms with Crippen molar-refractivity contribution in [2.24, 2.45) is 0 Å². The number of amides is 1. The van der Waals surface area contributed by atoms with Crippen molar-refractivity contribution in [3.8, 4) is 0 Å². The molecule has 4 nitrogen and oxygen atoms in total. The van der Waals surface area contributed by atoms with Crippen molar-refractivity contribution in [2.75, 3.05) is 42.9 Å². The second-order valence-electron chi connectivity index (χ2n) is 7.25. The van der Waals surface area contributed by atoms with E-state index in [0.717, 1.165) is 55.1 Å². The van der Waals surface area contributed by atoms with E-state index in [1.807, 2.05) is 32.0 Å². The van der Waals surface area contributed by atoms with Gasteiger partial charge in [0.25, 0.3) is 5.91 Å². The number of hydrogen-bond acceptors (Lipinski definition) is 3. The predicted octanol–water partition coefficient (Wildman–Crippen LogP) is 4.01. The van der Waals surface area contributed by atoms with E-state index in [1.165, 1.54) is 5.69 Å². The minimum Gasteiger partial charge on any atom is -0.369 e. The number of hydrogen-bond donors (Lipinski definition) is 1. The van der Waals surface area contributed by atoms with Crippen molar-refractivity contribution in [3.05, 3.63) is 58.7 Å².